The highest BCUT2D eigenvalue weighted by Gasteiger charge is 2.30. The van der Waals surface area contributed by atoms with Crippen molar-refractivity contribution in [3.8, 4) is 0 Å². The fourth-order valence-corrected chi connectivity index (χ4v) is 3.93. The zero-order chi connectivity index (χ0) is 21.1. The van der Waals surface area contributed by atoms with Gasteiger partial charge < -0.3 is 0 Å². The lowest BCUT2D eigenvalue weighted by Crippen LogP contribution is -2.39. The number of benzene rings is 2. The molecular weight excluding hydrogens is 403 g/mol. The molecule has 1 aromatic heterocycles. The summed E-state index contributed by atoms with van der Waals surface area (Å²) in [6, 6.07) is 15.1. The molecule has 6 nitrogen and oxygen atoms in total. The summed E-state index contributed by atoms with van der Waals surface area (Å²) in [6.07, 6.45) is 0.441. The number of amides is 2. The van der Waals surface area contributed by atoms with E-state index >= 15 is 0 Å². The number of aryl methyl sites for hydroxylation is 1. The highest BCUT2D eigenvalue weighted by Crippen LogP contribution is 2.30. The van der Waals surface area contributed by atoms with Crippen molar-refractivity contribution in [2.24, 2.45) is 5.10 Å². The third-order valence-electron chi connectivity index (χ3n) is 4.61. The molecule has 0 saturated carbocycles. The largest absolute Gasteiger partial charge is 0.280 e. The highest BCUT2D eigenvalue weighted by molar-refractivity contribution is 7.14. The van der Waals surface area contributed by atoms with E-state index in [1.165, 1.54) is 33.4 Å². The summed E-state index contributed by atoms with van der Waals surface area (Å²) in [6.45, 7) is 2.05. The van der Waals surface area contributed by atoms with Crippen molar-refractivity contribution >= 4 is 39.7 Å². The monoisotopic (exact) mass is 422 g/mol. The number of nitrogens with zero attached hydrogens (tertiary/aromatic N) is 4. The molecule has 0 atom stereocenters. The maximum absolute atomic E-state index is 13.4. The van der Waals surface area contributed by atoms with Gasteiger partial charge in [-0.1, -0.05) is 30.3 Å². The molecule has 152 valence electrons. The van der Waals surface area contributed by atoms with Crippen LogP contribution in [0.3, 0.4) is 0 Å². The van der Waals surface area contributed by atoms with Crippen LogP contribution in [0, 0.1) is 12.7 Å². The molecule has 0 bridgehead atoms. The quantitative estimate of drug-likeness (QED) is 0.611. The predicted octanol–water partition coefficient (Wildman–Crippen LogP) is 4.43. The normalized spacial score (nSPS) is 13.9. The fourth-order valence-electron chi connectivity index (χ4n) is 3.11. The second-order valence-corrected chi connectivity index (χ2v) is 7.71. The highest BCUT2D eigenvalue weighted by atomic mass is 32.1. The third kappa shape index (κ3) is 4.28. The summed E-state index contributed by atoms with van der Waals surface area (Å²) in [7, 11) is 0. The predicted molar refractivity (Wildman–Crippen MR) is 114 cm³/mol. The number of halogens is 1. The first-order valence-corrected chi connectivity index (χ1v) is 10.3. The fraction of sp³-hybridized carbons (Fsp3) is 0.182. The maximum Gasteiger partial charge on any atom is 0.280 e. The second kappa shape index (κ2) is 8.54. The Bertz CT molecular complexity index is 1100. The topological polar surface area (TPSA) is 65.9 Å². The number of hydrazone groups is 1. The first-order chi connectivity index (χ1) is 14.5. The second-order valence-electron chi connectivity index (χ2n) is 6.87. The summed E-state index contributed by atoms with van der Waals surface area (Å²) in [5, 5.41) is 8.06. The number of anilines is 2. The van der Waals surface area contributed by atoms with Crippen LogP contribution in [0.2, 0.25) is 0 Å². The lowest BCUT2D eigenvalue weighted by molar-refractivity contribution is -0.132. The van der Waals surface area contributed by atoms with Crippen LogP contribution in [-0.2, 0) is 16.1 Å². The van der Waals surface area contributed by atoms with Crippen LogP contribution in [0.15, 0.2) is 65.1 Å². The summed E-state index contributed by atoms with van der Waals surface area (Å²) in [4.78, 5) is 31.8. The number of carbonyl (C=O) groups excluding carboxylic acids is 2. The van der Waals surface area contributed by atoms with Crippen molar-refractivity contribution in [2.45, 2.75) is 26.3 Å². The molecule has 30 heavy (non-hydrogen) atoms. The molecule has 0 fully saturated rings. The van der Waals surface area contributed by atoms with E-state index in [1.807, 2.05) is 42.6 Å². The molecule has 0 N–H and O–H groups in total. The van der Waals surface area contributed by atoms with Gasteiger partial charge in [0.1, 0.15) is 11.5 Å². The molecule has 2 aromatic carbocycles. The Hall–Kier alpha value is -3.39. The molecule has 0 unspecified atom stereocenters. The van der Waals surface area contributed by atoms with E-state index in [0.717, 1.165) is 11.3 Å². The van der Waals surface area contributed by atoms with Gasteiger partial charge in [-0.15, -0.1) is 11.3 Å². The molecule has 1 aliphatic heterocycles. The van der Waals surface area contributed by atoms with Crippen molar-refractivity contribution in [3.63, 3.8) is 0 Å². The van der Waals surface area contributed by atoms with Gasteiger partial charge in [0, 0.05) is 18.2 Å². The number of hydrogen-bond donors (Lipinski definition) is 0. The van der Waals surface area contributed by atoms with E-state index in [0.29, 0.717) is 10.8 Å². The van der Waals surface area contributed by atoms with Gasteiger partial charge in [-0.05, 0) is 36.8 Å². The maximum atomic E-state index is 13.4. The smallest absolute Gasteiger partial charge is 0.273 e. The summed E-state index contributed by atoms with van der Waals surface area (Å²) >= 11 is 1.37. The Labute approximate surface area is 177 Å². The number of para-hydroxylation sites is 1. The number of carbonyl (C=O) groups is 2. The lowest BCUT2D eigenvalue weighted by Gasteiger charge is -2.26. The van der Waals surface area contributed by atoms with E-state index in [-0.39, 0.29) is 42.7 Å². The molecule has 1 aliphatic rings. The molecule has 2 amide bonds. The summed E-state index contributed by atoms with van der Waals surface area (Å²) in [5.41, 5.74) is 2.52. The van der Waals surface area contributed by atoms with E-state index < -0.39 is 0 Å². The van der Waals surface area contributed by atoms with Gasteiger partial charge in [0.15, 0.2) is 5.13 Å². The molecule has 8 heteroatoms. The Balaban J connectivity index is 1.65. The van der Waals surface area contributed by atoms with Crippen LogP contribution in [0.1, 0.15) is 24.1 Å². The summed E-state index contributed by atoms with van der Waals surface area (Å²) < 4.78 is 13.2. The zero-order valence-corrected chi connectivity index (χ0v) is 17.1. The van der Waals surface area contributed by atoms with Gasteiger partial charge in [0.05, 0.1) is 17.9 Å². The molecule has 0 radical (unpaired) electrons. The SMILES string of the molecule is Cc1csc(N(C(=O)C2=NN(Cc3ccc(F)cc3)C(=O)CC2)c2ccccc2)n1. The van der Waals surface area contributed by atoms with Crippen LogP contribution < -0.4 is 4.90 Å². The Kier molecular flexibility index (Phi) is 5.67. The Morgan fingerprint density at radius 3 is 2.53 bits per heavy atom. The average Bonchev–Trinajstić information content (AvgIpc) is 3.18. The molecule has 3 aromatic rings. The third-order valence-corrected chi connectivity index (χ3v) is 5.56. The Morgan fingerprint density at radius 2 is 1.87 bits per heavy atom. The standard InChI is InChI=1S/C22H19FN4O2S/c1-15-14-30-22(24-15)27(18-5-3-2-4-6-18)21(29)19-11-12-20(28)26(25-19)13-16-7-9-17(23)10-8-16/h2-10,14H,11-13H2,1H3. The van der Waals surface area contributed by atoms with E-state index in [2.05, 4.69) is 10.1 Å². The first-order valence-electron chi connectivity index (χ1n) is 9.45. The molecule has 0 aliphatic carbocycles. The minimum Gasteiger partial charge on any atom is -0.273 e. The molecular formula is C22H19FN4O2S. The number of hydrogen-bond acceptors (Lipinski definition) is 5. The number of thiazole rings is 1. The lowest BCUT2D eigenvalue weighted by atomic mass is 10.1. The minimum absolute atomic E-state index is 0.174. The number of aromatic nitrogens is 1. The van der Waals surface area contributed by atoms with E-state index in [9.17, 15) is 14.0 Å². The van der Waals surface area contributed by atoms with Crippen LogP contribution in [0.4, 0.5) is 15.2 Å². The van der Waals surface area contributed by atoms with Gasteiger partial charge in [0.2, 0.25) is 5.91 Å². The first kappa shape index (κ1) is 19.9. The van der Waals surface area contributed by atoms with E-state index in [4.69, 9.17) is 0 Å². The van der Waals surface area contributed by atoms with Crippen LogP contribution in [-0.4, -0.2) is 27.5 Å². The minimum atomic E-state index is -0.347. The Morgan fingerprint density at radius 1 is 1.13 bits per heavy atom. The molecule has 0 saturated heterocycles. The number of rotatable bonds is 5. The van der Waals surface area contributed by atoms with Crippen molar-refractivity contribution in [1.82, 2.24) is 9.99 Å². The van der Waals surface area contributed by atoms with Gasteiger partial charge in [0.25, 0.3) is 5.91 Å². The average molecular weight is 422 g/mol. The van der Waals surface area contributed by atoms with Crippen molar-refractivity contribution in [1.29, 1.82) is 0 Å². The molecule has 4 rings (SSSR count). The molecule has 2 heterocycles. The zero-order valence-electron chi connectivity index (χ0n) is 16.3. The molecule has 0 spiro atoms. The van der Waals surface area contributed by atoms with Crippen LogP contribution >= 0.6 is 11.3 Å². The van der Waals surface area contributed by atoms with Gasteiger partial charge >= 0.3 is 0 Å². The van der Waals surface area contributed by atoms with Crippen molar-refractivity contribution < 1.29 is 14.0 Å². The van der Waals surface area contributed by atoms with Gasteiger partial charge in [-0.2, -0.15) is 5.10 Å². The van der Waals surface area contributed by atoms with Crippen molar-refractivity contribution in [3.05, 3.63) is 77.1 Å². The van der Waals surface area contributed by atoms with Crippen LogP contribution in [0.5, 0.6) is 0 Å². The summed E-state index contributed by atoms with van der Waals surface area (Å²) in [5.74, 6) is -0.834. The van der Waals surface area contributed by atoms with Crippen LogP contribution in [0.25, 0.3) is 0 Å². The van der Waals surface area contributed by atoms with Gasteiger partial charge in [-0.25, -0.2) is 14.4 Å². The van der Waals surface area contributed by atoms with Crippen molar-refractivity contribution in [2.75, 3.05) is 4.90 Å². The van der Waals surface area contributed by atoms with Gasteiger partial charge in [-0.3, -0.25) is 14.5 Å². The van der Waals surface area contributed by atoms with E-state index in [1.54, 1.807) is 12.1 Å².